The summed E-state index contributed by atoms with van der Waals surface area (Å²) < 4.78 is 10.8. The van der Waals surface area contributed by atoms with Crippen LogP contribution < -0.4 is 19.7 Å². The van der Waals surface area contributed by atoms with Gasteiger partial charge in [-0.15, -0.1) is 0 Å². The van der Waals surface area contributed by atoms with Crippen molar-refractivity contribution in [2.75, 3.05) is 34.4 Å². The molecule has 28 heavy (non-hydrogen) atoms. The molecule has 0 aliphatic heterocycles. The third-order valence-electron chi connectivity index (χ3n) is 4.56. The van der Waals surface area contributed by atoms with E-state index in [1.54, 1.807) is 31.4 Å². The van der Waals surface area contributed by atoms with Crippen LogP contribution in [0.4, 0.5) is 0 Å². The highest BCUT2D eigenvalue weighted by atomic mass is 16.5. The summed E-state index contributed by atoms with van der Waals surface area (Å²) in [7, 11) is 5.73. The lowest BCUT2D eigenvalue weighted by molar-refractivity contribution is -0.890. The molecule has 0 unspecified atom stereocenters. The number of hydrogen-bond donors (Lipinski definition) is 2. The molecule has 6 nitrogen and oxygen atoms in total. The van der Waals surface area contributed by atoms with Gasteiger partial charge in [-0.1, -0.05) is 19.1 Å². The average molecular weight is 385 g/mol. The Morgan fingerprint density at radius 2 is 1.79 bits per heavy atom. The Bertz CT molecular complexity index is 787. The SMILES string of the molecule is CCC(=O)c1ccc(OCC(=O)NC[C@@H](c2cccc(OC)c2)[NH+](C)C)cc1. The number of ether oxygens (including phenoxy) is 2. The number of carbonyl (C=O) groups excluding carboxylic acids is 2. The zero-order valence-electron chi connectivity index (χ0n) is 17.0. The maximum Gasteiger partial charge on any atom is 0.258 e. The van der Waals surface area contributed by atoms with E-state index in [4.69, 9.17) is 9.47 Å². The molecule has 2 aromatic rings. The molecule has 0 heterocycles. The van der Waals surface area contributed by atoms with Crippen molar-refractivity contribution in [3.63, 3.8) is 0 Å². The normalized spacial score (nSPS) is 11.8. The Morgan fingerprint density at radius 3 is 2.39 bits per heavy atom. The predicted molar refractivity (Wildman–Crippen MR) is 108 cm³/mol. The highest BCUT2D eigenvalue weighted by molar-refractivity contribution is 5.95. The molecule has 6 heteroatoms. The molecule has 0 aliphatic carbocycles. The quantitative estimate of drug-likeness (QED) is 0.611. The van der Waals surface area contributed by atoms with Crippen LogP contribution in [0.2, 0.25) is 0 Å². The van der Waals surface area contributed by atoms with Crippen LogP contribution in [0.15, 0.2) is 48.5 Å². The summed E-state index contributed by atoms with van der Waals surface area (Å²) in [6.45, 7) is 2.24. The molecule has 0 saturated heterocycles. The van der Waals surface area contributed by atoms with Gasteiger partial charge in [0.15, 0.2) is 12.4 Å². The summed E-state index contributed by atoms with van der Waals surface area (Å²) in [6, 6.07) is 14.8. The zero-order valence-corrected chi connectivity index (χ0v) is 17.0. The average Bonchev–Trinajstić information content (AvgIpc) is 2.72. The van der Waals surface area contributed by atoms with Crippen molar-refractivity contribution in [1.82, 2.24) is 5.32 Å². The molecule has 1 atom stereocenters. The van der Waals surface area contributed by atoms with E-state index in [1.807, 2.05) is 45.3 Å². The number of nitrogens with one attached hydrogen (secondary N) is 2. The fourth-order valence-electron chi connectivity index (χ4n) is 2.87. The van der Waals surface area contributed by atoms with Gasteiger partial charge in [-0.2, -0.15) is 0 Å². The number of hydrogen-bond acceptors (Lipinski definition) is 4. The van der Waals surface area contributed by atoms with Crippen molar-refractivity contribution in [1.29, 1.82) is 0 Å². The number of methoxy groups -OCH3 is 1. The van der Waals surface area contributed by atoms with Crippen LogP contribution in [-0.4, -0.2) is 46.0 Å². The number of amides is 1. The first-order valence-electron chi connectivity index (χ1n) is 9.41. The molecule has 2 N–H and O–H groups in total. The van der Waals surface area contributed by atoms with Crippen molar-refractivity contribution in [2.45, 2.75) is 19.4 Å². The highest BCUT2D eigenvalue weighted by Gasteiger charge is 2.19. The van der Waals surface area contributed by atoms with Gasteiger partial charge < -0.3 is 19.7 Å². The van der Waals surface area contributed by atoms with Gasteiger partial charge in [-0.05, 0) is 36.4 Å². The maximum atomic E-state index is 12.2. The predicted octanol–water partition coefficient (Wildman–Crippen LogP) is 1.67. The molecule has 2 aromatic carbocycles. The van der Waals surface area contributed by atoms with E-state index >= 15 is 0 Å². The minimum atomic E-state index is -0.192. The Hall–Kier alpha value is -2.86. The van der Waals surface area contributed by atoms with Gasteiger partial charge in [-0.3, -0.25) is 9.59 Å². The number of Topliss-reactive ketones (excluding diaryl/α,β-unsaturated/α-hetero) is 1. The fourth-order valence-corrected chi connectivity index (χ4v) is 2.87. The van der Waals surface area contributed by atoms with Gasteiger partial charge in [0.2, 0.25) is 0 Å². The number of ketones is 1. The standard InChI is InChI=1S/C22H28N2O4/c1-5-21(25)16-9-11-18(12-10-16)28-15-22(26)23-14-20(24(2)3)17-7-6-8-19(13-17)27-4/h6-13,20H,5,14-15H2,1-4H3,(H,23,26)/p+1/t20-/m0/s1. The molecule has 150 valence electrons. The van der Waals surface area contributed by atoms with Gasteiger partial charge >= 0.3 is 0 Å². The van der Waals surface area contributed by atoms with Gasteiger partial charge in [0.05, 0.1) is 27.7 Å². The van der Waals surface area contributed by atoms with Crippen molar-refractivity contribution < 1.29 is 24.0 Å². The number of quaternary nitrogens is 1. The van der Waals surface area contributed by atoms with Crippen LogP contribution in [0, 0.1) is 0 Å². The van der Waals surface area contributed by atoms with Crippen molar-refractivity contribution in [2.24, 2.45) is 0 Å². The van der Waals surface area contributed by atoms with Crippen LogP contribution in [0.5, 0.6) is 11.5 Å². The summed E-state index contributed by atoms with van der Waals surface area (Å²) in [5, 5.41) is 2.93. The van der Waals surface area contributed by atoms with Crippen LogP contribution in [-0.2, 0) is 4.79 Å². The lowest BCUT2D eigenvalue weighted by atomic mass is 10.1. The van der Waals surface area contributed by atoms with Crippen LogP contribution in [0.1, 0.15) is 35.3 Å². The van der Waals surface area contributed by atoms with E-state index in [2.05, 4.69) is 5.32 Å². The lowest BCUT2D eigenvalue weighted by Crippen LogP contribution is -3.07. The summed E-state index contributed by atoms with van der Waals surface area (Å²) in [5.74, 6) is 1.25. The smallest absolute Gasteiger partial charge is 0.258 e. The van der Waals surface area contributed by atoms with Gasteiger partial charge in [-0.25, -0.2) is 0 Å². The number of likely N-dealkylation sites (N-methyl/N-ethyl adjacent to an activating group) is 1. The van der Waals surface area contributed by atoms with Crippen LogP contribution in [0.25, 0.3) is 0 Å². The van der Waals surface area contributed by atoms with E-state index in [1.165, 1.54) is 4.90 Å². The molecule has 0 aliphatic rings. The molecule has 0 spiro atoms. The first-order chi connectivity index (χ1) is 13.4. The maximum absolute atomic E-state index is 12.2. The molecule has 1 amide bonds. The molecular weight excluding hydrogens is 356 g/mol. The topological polar surface area (TPSA) is 69.1 Å². The molecule has 2 rings (SSSR count). The highest BCUT2D eigenvalue weighted by Crippen LogP contribution is 2.17. The third-order valence-corrected chi connectivity index (χ3v) is 4.56. The summed E-state index contributed by atoms with van der Waals surface area (Å²) in [5.41, 5.74) is 1.74. The number of rotatable bonds is 10. The van der Waals surface area contributed by atoms with Gasteiger partial charge in [0.1, 0.15) is 17.5 Å². The molecular formula is C22H29N2O4+. The van der Waals surface area contributed by atoms with E-state index in [9.17, 15) is 9.59 Å². The van der Waals surface area contributed by atoms with Gasteiger partial charge in [0.25, 0.3) is 5.91 Å². The molecule has 0 bridgehead atoms. The Morgan fingerprint density at radius 1 is 1.07 bits per heavy atom. The second kappa shape index (κ2) is 10.5. The Balaban J connectivity index is 1.88. The van der Waals surface area contributed by atoms with Crippen molar-refractivity contribution >= 4 is 11.7 Å². The van der Waals surface area contributed by atoms with Crippen LogP contribution >= 0.6 is 0 Å². The van der Waals surface area contributed by atoms with E-state index in [0.717, 1.165) is 11.3 Å². The number of carbonyl (C=O) groups is 2. The second-order valence-electron chi connectivity index (χ2n) is 6.80. The van der Waals surface area contributed by atoms with Gasteiger partial charge in [0, 0.05) is 17.5 Å². The third kappa shape index (κ3) is 6.09. The molecule has 0 aromatic heterocycles. The molecule has 0 saturated carbocycles. The minimum Gasteiger partial charge on any atom is -0.497 e. The van der Waals surface area contributed by atoms with E-state index in [0.29, 0.717) is 24.3 Å². The van der Waals surface area contributed by atoms with Crippen molar-refractivity contribution in [3.8, 4) is 11.5 Å². The molecule has 0 fully saturated rings. The summed E-state index contributed by atoms with van der Waals surface area (Å²) >= 11 is 0. The largest absolute Gasteiger partial charge is 0.497 e. The minimum absolute atomic E-state index is 0.0747. The summed E-state index contributed by atoms with van der Waals surface area (Å²) in [6.07, 6.45) is 0.463. The van der Waals surface area contributed by atoms with Crippen LogP contribution in [0.3, 0.4) is 0 Å². The second-order valence-corrected chi connectivity index (χ2v) is 6.80. The Kier molecular flexibility index (Phi) is 8.02. The molecule has 0 radical (unpaired) electrons. The monoisotopic (exact) mass is 385 g/mol. The van der Waals surface area contributed by atoms with E-state index in [-0.39, 0.29) is 24.3 Å². The summed E-state index contributed by atoms with van der Waals surface area (Å²) in [4.78, 5) is 25.0. The zero-order chi connectivity index (χ0) is 20.5. The first-order valence-corrected chi connectivity index (χ1v) is 9.41. The fraction of sp³-hybridized carbons (Fsp3) is 0.364. The Labute approximate surface area is 166 Å². The first kappa shape index (κ1) is 21.4. The van der Waals surface area contributed by atoms with Crippen molar-refractivity contribution in [3.05, 3.63) is 59.7 Å². The van der Waals surface area contributed by atoms with E-state index < -0.39 is 0 Å². The number of benzene rings is 2. The lowest BCUT2D eigenvalue weighted by Gasteiger charge is -2.22.